The van der Waals surface area contributed by atoms with Crippen molar-refractivity contribution in [3.8, 4) is 28.7 Å². The molecule has 0 N–H and O–H groups in total. The number of Topliss-reactive ketones (excluding diaryl/α,β-unsaturated/α-hetero) is 1. The van der Waals surface area contributed by atoms with Crippen LogP contribution in [0.5, 0.6) is 28.7 Å². The van der Waals surface area contributed by atoms with Gasteiger partial charge >= 0.3 is 0 Å². The minimum Gasteiger partial charge on any atom is -0.493 e. The van der Waals surface area contributed by atoms with Crippen molar-refractivity contribution in [1.82, 2.24) is 0 Å². The summed E-state index contributed by atoms with van der Waals surface area (Å²) in [5.41, 5.74) is 3.16. The minimum absolute atomic E-state index is 0.0893. The number of benzene rings is 3. The van der Waals surface area contributed by atoms with E-state index in [4.69, 9.17) is 23.7 Å². The van der Waals surface area contributed by atoms with Gasteiger partial charge < -0.3 is 23.7 Å². The SMILES string of the molecule is COc1cc(/C=C/C(=O)c2c(OCC=C(C)C)ccc3c2OC(c2ccccc2)C(C)C3=O)cc(OC)c1OC. The van der Waals surface area contributed by atoms with E-state index in [1.807, 2.05) is 57.2 Å². The third-order valence-electron chi connectivity index (χ3n) is 6.72. The molecule has 1 aliphatic rings. The molecular weight excluding hydrogens is 508 g/mol. The summed E-state index contributed by atoms with van der Waals surface area (Å²) in [6.45, 7) is 6.05. The Kier molecular flexibility index (Phi) is 8.94. The van der Waals surface area contributed by atoms with E-state index < -0.39 is 12.0 Å². The number of ketones is 2. The lowest BCUT2D eigenvalue weighted by atomic mass is 9.85. The summed E-state index contributed by atoms with van der Waals surface area (Å²) in [4.78, 5) is 27.3. The lowest BCUT2D eigenvalue weighted by Crippen LogP contribution is -2.30. The van der Waals surface area contributed by atoms with E-state index in [1.165, 1.54) is 27.4 Å². The quantitative estimate of drug-likeness (QED) is 0.156. The van der Waals surface area contributed by atoms with Crippen molar-refractivity contribution >= 4 is 17.6 Å². The number of ether oxygens (including phenoxy) is 5. The zero-order valence-corrected chi connectivity index (χ0v) is 23.6. The van der Waals surface area contributed by atoms with Gasteiger partial charge in [-0.15, -0.1) is 0 Å². The van der Waals surface area contributed by atoms with Gasteiger partial charge in [-0.05, 0) is 61.4 Å². The van der Waals surface area contributed by atoms with Gasteiger partial charge in [-0.2, -0.15) is 0 Å². The third-order valence-corrected chi connectivity index (χ3v) is 6.72. The van der Waals surface area contributed by atoms with Crippen LogP contribution in [0.1, 0.15) is 58.7 Å². The lowest BCUT2D eigenvalue weighted by Gasteiger charge is -2.32. The summed E-state index contributed by atoms with van der Waals surface area (Å²) < 4.78 is 28.7. The van der Waals surface area contributed by atoms with E-state index in [2.05, 4.69) is 0 Å². The molecule has 0 bridgehead atoms. The average molecular weight is 543 g/mol. The molecule has 7 heteroatoms. The summed E-state index contributed by atoms with van der Waals surface area (Å²) in [5.74, 6) is 1.06. The van der Waals surface area contributed by atoms with Crippen LogP contribution in [0.3, 0.4) is 0 Å². The van der Waals surface area contributed by atoms with Crippen molar-refractivity contribution in [2.24, 2.45) is 5.92 Å². The van der Waals surface area contributed by atoms with Crippen LogP contribution in [-0.2, 0) is 0 Å². The first-order valence-electron chi connectivity index (χ1n) is 13.0. The summed E-state index contributed by atoms with van der Waals surface area (Å²) in [7, 11) is 4.58. The normalized spacial score (nSPS) is 16.1. The molecule has 1 aliphatic heterocycles. The molecule has 2 atom stereocenters. The van der Waals surface area contributed by atoms with Gasteiger partial charge in [0, 0.05) is 0 Å². The van der Waals surface area contributed by atoms with Gasteiger partial charge in [0.05, 0.1) is 32.8 Å². The van der Waals surface area contributed by atoms with Crippen LogP contribution in [-0.4, -0.2) is 39.5 Å². The molecular formula is C33H34O7. The molecule has 0 fully saturated rings. The molecule has 0 radical (unpaired) electrons. The Morgan fingerprint density at radius 1 is 0.925 bits per heavy atom. The van der Waals surface area contributed by atoms with E-state index >= 15 is 0 Å². The van der Waals surface area contributed by atoms with E-state index in [-0.39, 0.29) is 29.5 Å². The molecule has 1 heterocycles. The van der Waals surface area contributed by atoms with E-state index in [0.29, 0.717) is 34.1 Å². The first kappa shape index (κ1) is 28.5. The fourth-order valence-corrected chi connectivity index (χ4v) is 4.60. The zero-order valence-electron chi connectivity index (χ0n) is 23.6. The van der Waals surface area contributed by atoms with Crippen molar-refractivity contribution in [2.75, 3.05) is 27.9 Å². The molecule has 40 heavy (non-hydrogen) atoms. The van der Waals surface area contributed by atoms with Gasteiger partial charge in [0.1, 0.15) is 29.8 Å². The molecule has 0 saturated heterocycles. The van der Waals surface area contributed by atoms with E-state index in [1.54, 1.807) is 30.3 Å². The lowest BCUT2D eigenvalue weighted by molar-refractivity contribution is 0.0684. The van der Waals surface area contributed by atoms with Crippen LogP contribution in [0.2, 0.25) is 0 Å². The van der Waals surface area contributed by atoms with Crippen LogP contribution < -0.4 is 23.7 Å². The minimum atomic E-state index is -0.542. The Hall–Kier alpha value is -4.52. The highest BCUT2D eigenvalue weighted by Crippen LogP contribution is 2.44. The second kappa shape index (κ2) is 12.6. The fraction of sp³-hybridized carbons (Fsp3) is 0.273. The van der Waals surface area contributed by atoms with Crippen molar-refractivity contribution < 1.29 is 33.3 Å². The topological polar surface area (TPSA) is 80.3 Å². The largest absolute Gasteiger partial charge is 0.493 e. The average Bonchev–Trinajstić information content (AvgIpc) is 2.97. The molecule has 0 spiro atoms. The molecule has 2 unspecified atom stereocenters. The van der Waals surface area contributed by atoms with Crippen LogP contribution in [0, 0.1) is 5.92 Å². The second-order valence-corrected chi connectivity index (χ2v) is 9.67. The standard InChI is InChI=1S/C33H34O7/c1-20(2)16-17-39-26-15-13-24-30(35)21(3)31(23-10-8-7-9-11-23)40-32(24)29(26)25(34)14-12-22-18-27(36-4)33(38-6)28(19-22)37-5/h7-16,18-19,21,31H,17H2,1-6H3/b14-12+. The number of hydrogen-bond acceptors (Lipinski definition) is 7. The molecule has 4 rings (SSSR count). The van der Waals surface area contributed by atoms with E-state index in [9.17, 15) is 9.59 Å². The van der Waals surface area contributed by atoms with Gasteiger partial charge in [-0.1, -0.05) is 48.9 Å². The highest BCUT2D eigenvalue weighted by Gasteiger charge is 2.38. The second-order valence-electron chi connectivity index (χ2n) is 9.67. The number of rotatable bonds is 10. The Morgan fingerprint density at radius 2 is 1.60 bits per heavy atom. The zero-order chi connectivity index (χ0) is 28.8. The van der Waals surface area contributed by atoms with Gasteiger partial charge in [-0.3, -0.25) is 9.59 Å². The maximum Gasteiger partial charge on any atom is 0.203 e. The van der Waals surface area contributed by atoms with Gasteiger partial charge in [-0.25, -0.2) is 0 Å². The molecule has 0 saturated carbocycles. The van der Waals surface area contributed by atoms with Crippen LogP contribution in [0.15, 0.2) is 72.3 Å². The van der Waals surface area contributed by atoms with Gasteiger partial charge in [0.15, 0.2) is 23.1 Å². The number of carbonyl (C=O) groups excluding carboxylic acids is 2. The number of methoxy groups -OCH3 is 3. The molecule has 3 aromatic carbocycles. The maximum absolute atomic E-state index is 13.8. The highest BCUT2D eigenvalue weighted by molar-refractivity contribution is 6.14. The monoisotopic (exact) mass is 542 g/mol. The first-order valence-corrected chi connectivity index (χ1v) is 13.0. The summed E-state index contributed by atoms with van der Waals surface area (Å²) >= 11 is 0. The first-order chi connectivity index (χ1) is 19.3. The number of carbonyl (C=O) groups is 2. The van der Waals surface area contributed by atoms with Crippen molar-refractivity contribution in [1.29, 1.82) is 0 Å². The summed E-state index contributed by atoms with van der Waals surface area (Å²) in [6.07, 6.45) is 4.45. The smallest absolute Gasteiger partial charge is 0.203 e. The molecule has 0 amide bonds. The van der Waals surface area contributed by atoms with Crippen molar-refractivity contribution in [3.05, 3.63) is 94.6 Å². The van der Waals surface area contributed by atoms with Gasteiger partial charge in [0.25, 0.3) is 0 Å². The molecule has 3 aromatic rings. The van der Waals surface area contributed by atoms with Crippen LogP contribution in [0.25, 0.3) is 6.08 Å². The number of fused-ring (bicyclic) bond motifs is 1. The highest BCUT2D eigenvalue weighted by atomic mass is 16.5. The van der Waals surface area contributed by atoms with E-state index in [0.717, 1.165) is 11.1 Å². The fourth-order valence-electron chi connectivity index (χ4n) is 4.60. The Morgan fingerprint density at radius 3 is 2.20 bits per heavy atom. The predicted octanol–water partition coefficient (Wildman–Crippen LogP) is 6.91. The maximum atomic E-state index is 13.8. The van der Waals surface area contributed by atoms with Crippen molar-refractivity contribution in [3.63, 3.8) is 0 Å². The Balaban J connectivity index is 1.79. The molecule has 208 valence electrons. The molecule has 7 nitrogen and oxygen atoms in total. The summed E-state index contributed by atoms with van der Waals surface area (Å²) in [5, 5.41) is 0. The molecule has 0 aromatic heterocycles. The molecule has 0 aliphatic carbocycles. The van der Waals surface area contributed by atoms with Gasteiger partial charge in [0.2, 0.25) is 5.75 Å². The predicted molar refractivity (Wildman–Crippen MR) is 154 cm³/mol. The Labute approximate surface area is 235 Å². The number of allylic oxidation sites excluding steroid dienone is 2. The third kappa shape index (κ3) is 5.88. The summed E-state index contributed by atoms with van der Waals surface area (Å²) in [6, 6.07) is 16.4. The number of hydrogen-bond donors (Lipinski definition) is 0. The van der Waals surface area contributed by atoms with Crippen LogP contribution in [0.4, 0.5) is 0 Å². The van der Waals surface area contributed by atoms with Crippen molar-refractivity contribution in [2.45, 2.75) is 26.9 Å². The van der Waals surface area contributed by atoms with Crippen LogP contribution >= 0.6 is 0 Å². The Bertz CT molecular complexity index is 1420.